The number of carboxylic acid groups (broad SMARTS) is 1. The molecule has 0 saturated carbocycles. The Balaban J connectivity index is 1.94. The summed E-state index contributed by atoms with van der Waals surface area (Å²) < 4.78 is 44.8. The quantitative estimate of drug-likeness (QED) is 0.536. The Morgan fingerprint density at radius 2 is 1.81 bits per heavy atom. The first-order valence-electron chi connectivity index (χ1n) is 11.2. The van der Waals surface area contributed by atoms with Gasteiger partial charge in [0.25, 0.3) is 5.56 Å². The Morgan fingerprint density at radius 1 is 1.14 bits per heavy atom. The average Bonchev–Trinajstić information content (AvgIpc) is 3.06. The number of benzene rings is 1. The van der Waals surface area contributed by atoms with Crippen LogP contribution in [-0.2, 0) is 20.1 Å². The van der Waals surface area contributed by atoms with Crippen LogP contribution in [0.15, 0.2) is 61.0 Å². The zero-order valence-corrected chi connectivity index (χ0v) is 20.7. The maximum Gasteiger partial charge on any atom is 0.414 e. The molecule has 0 bridgehead atoms. The molecular weight excluding hydrogens is 517 g/mol. The summed E-state index contributed by atoms with van der Waals surface area (Å²) in [4.78, 5) is 50.7. The van der Waals surface area contributed by atoms with Crippen molar-refractivity contribution in [2.75, 3.05) is 0 Å². The van der Waals surface area contributed by atoms with Crippen molar-refractivity contribution in [2.45, 2.75) is 39.5 Å². The summed E-state index contributed by atoms with van der Waals surface area (Å²) in [5.41, 5.74) is -3.12. The number of halogens is 4. The molecule has 0 radical (unpaired) electrons. The first-order valence-corrected chi connectivity index (χ1v) is 11.6. The highest BCUT2D eigenvalue weighted by Crippen LogP contribution is 2.41. The number of nitrogens with zero attached hydrogens (tertiary/aromatic N) is 4. The lowest BCUT2D eigenvalue weighted by Crippen LogP contribution is -2.42. The first-order chi connectivity index (χ1) is 17.3. The normalized spacial score (nSPS) is 16.4. The average molecular weight is 539 g/mol. The van der Waals surface area contributed by atoms with E-state index in [1.807, 2.05) is 0 Å². The van der Waals surface area contributed by atoms with Crippen LogP contribution in [0.1, 0.15) is 30.6 Å². The van der Waals surface area contributed by atoms with Crippen LogP contribution < -0.4 is 16.9 Å². The molecule has 3 aromatic rings. The van der Waals surface area contributed by atoms with Gasteiger partial charge in [-0.15, -0.1) is 0 Å². The maximum absolute atomic E-state index is 13.5. The monoisotopic (exact) mass is 538 g/mol. The molecule has 37 heavy (non-hydrogen) atoms. The second-order valence-electron chi connectivity index (χ2n) is 8.81. The summed E-state index contributed by atoms with van der Waals surface area (Å²) in [7, 11) is 1.58. The molecule has 1 aliphatic rings. The third kappa shape index (κ3) is 4.45. The molecular formula is C24H22ClF3N4O5. The molecule has 1 aliphatic carbocycles. The third-order valence-electron chi connectivity index (χ3n) is 6.35. The lowest BCUT2D eigenvalue weighted by molar-refractivity contribution is -0.0953. The Hall–Kier alpha value is -3.80. The Kier molecular flexibility index (Phi) is 6.57. The fourth-order valence-electron chi connectivity index (χ4n) is 4.54. The van der Waals surface area contributed by atoms with Gasteiger partial charge < -0.3 is 5.11 Å². The second kappa shape index (κ2) is 9.25. The van der Waals surface area contributed by atoms with E-state index in [0.717, 1.165) is 10.8 Å². The Labute approximate surface area is 211 Å². The lowest BCUT2D eigenvalue weighted by atomic mass is 9.91. The summed E-state index contributed by atoms with van der Waals surface area (Å²) in [5.74, 6) is -2.21. The molecule has 1 aromatic carbocycles. The largest absolute Gasteiger partial charge is 0.477 e. The zero-order valence-electron chi connectivity index (χ0n) is 20.0. The molecule has 0 spiro atoms. The topological polar surface area (TPSA) is 108 Å². The van der Waals surface area contributed by atoms with Crippen molar-refractivity contribution < 1.29 is 23.1 Å². The number of hydrogen-bond acceptors (Lipinski definition) is 4. The highest BCUT2D eigenvalue weighted by molar-refractivity contribution is 6.32. The van der Waals surface area contributed by atoms with Gasteiger partial charge in [-0.2, -0.15) is 13.2 Å². The predicted molar refractivity (Wildman–Crippen MR) is 130 cm³/mol. The van der Waals surface area contributed by atoms with Crippen molar-refractivity contribution >= 4 is 28.6 Å². The Morgan fingerprint density at radius 3 is 2.41 bits per heavy atom. The number of fused-ring (bicyclic) bond motifs is 1. The van der Waals surface area contributed by atoms with E-state index in [-0.39, 0.29) is 23.4 Å². The molecule has 0 amide bonds. The van der Waals surface area contributed by atoms with Crippen LogP contribution in [0.5, 0.6) is 0 Å². The van der Waals surface area contributed by atoms with Gasteiger partial charge in [0.15, 0.2) is 0 Å². The number of allylic oxidation sites excluding steroid dienone is 4. The van der Waals surface area contributed by atoms with Crippen molar-refractivity contribution in [2.24, 2.45) is 13.0 Å². The van der Waals surface area contributed by atoms with E-state index >= 15 is 0 Å². The van der Waals surface area contributed by atoms with Gasteiger partial charge >= 0.3 is 23.5 Å². The van der Waals surface area contributed by atoms with Crippen molar-refractivity contribution in [3.05, 3.63) is 83.5 Å². The fraction of sp³-hybridized carbons (Fsp3) is 0.333. The summed E-state index contributed by atoms with van der Waals surface area (Å²) in [6, 6.07) is 4.54. The summed E-state index contributed by atoms with van der Waals surface area (Å²) in [6.45, 7) is 2.96. The number of carbonyl (C=O) groups is 1. The van der Waals surface area contributed by atoms with Crippen molar-refractivity contribution in [3.8, 4) is 5.69 Å². The van der Waals surface area contributed by atoms with E-state index in [1.54, 1.807) is 20.0 Å². The number of aromatic nitrogens is 4. The minimum atomic E-state index is -4.71. The molecule has 2 heterocycles. The van der Waals surface area contributed by atoms with E-state index in [4.69, 9.17) is 11.6 Å². The van der Waals surface area contributed by atoms with Crippen LogP contribution in [-0.4, -0.2) is 35.5 Å². The smallest absolute Gasteiger partial charge is 0.414 e. The molecule has 1 atom stereocenters. The molecule has 1 unspecified atom stereocenters. The van der Waals surface area contributed by atoms with Crippen molar-refractivity contribution in [1.29, 1.82) is 0 Å². The summed E-state index contributed by atoms with van der Waals surface area (Å²) >= 11 is 6.04. The molecule has 13 heteroatoms. The number of carboxylic acids is 1. The van der Waals surface area contributed by atoms with Gasteiger partial charge in [-0.05, 0) is 43.0 Å². The molecule has 0 aliphatic heterocycles. The maximum atomic E-state index is 13.5. The van der Waals surface area contributed by atoms with Crippen LogP contribution in [0.25, 0.3) is 16.7 Å². The van der Waals surface area contributed by atoms with Gasteiger partial charge in [-0.1, -0.05) is 24.6 Å². The van der Waals surface area contributed by atoms with E-state index in [0.29, 0.717) is 22.1 Å². The van der Waals surface area contributed by atoms with Gasteiger partial charge in [0, 0.05) is 19.8 Å². The SMILES string of the molecule is CCn1c(=O)n(C)c2ccc(-n3cc(C(=O)O)c(=O)n(CC4=CC(C)CC(C(F)(F)F)=C4Cl)c3=O)cc21. The Bertz CT molecular complexity index is 1690. The predicted octanol–water partition coefficient (Wildman–Crippen LogP) is 3.39. The van der Waals surface area contributed by atoms with E-state index in [2.05, 4.69) is 0 Å². The number of hydrogen-bond donors (Lipinski definition) is 1. The lowest BCUT2D eigenvalue weighted by Gasteiger charge is -2.24. The van der Waals surface area contributed by atoms with Gasteiger partial charge in [0.05, 0.1) is 33.9 Å². The van der Waals surface area contributed by atoms with E-state index in [9.17, 15) is 37.5 Å². The first kappa shape index (κ1) is 26.3. The number of aromatic carboxylic acids is 1. The molecule has 4 rings (SSSR count). The highest BCUT2D eigenvalue weighted by Gasteiger charge is 2.39. The standard InChI is InChI=1S/C24H22ClF3N4O5/c1-4-30-18-9-14(5-6-17(18)29(3)22(30)36)31-11-15(21(34)35)20(33)32(23(31)37)10-13-7-12(2)8-16(19(13)25)24(26,27)28/h5-7,9,11-12H,4,8,10H2,1-3H3,(H,34,35). The van der Waals surface area contributed by atoms with Gasteiger partial charge in [0.2, 0.25) is 0 Å². The van der Waals surface area contributed by atoms with E-state index < -0.39 is 52.0 Å². The van der Waals surface area contributed by atoms with Crippen LogP contribution in [0.3, 0.4) is 0 Å². The minimum Gasteiger partial charge on any atom is -0.477 e. The van der Waals surface area contributed by atoms with Crippen molar-refractivity contribution in [3.63, 3.8) is 0 Å². The number of alkyl halides is 3. The van der Waals surface area contributed by atoms with Crippen molar-refractivity contribution in [1.82, 2.24) is 18.3 Å². The second-order valence-corrected chi connectivity index (χ2v) is 9.19. The van der Waals surface area contributed by atoms with Gasteiger partial charge in [-0.25, -0.2) is 14.4 Å². The van der Waals surface area contributed by atoms with Gasteiger partial charge in [-0.3, -0.25) is 23.1 Å². The van der Waals surface area contributed by atoms with E-state index in [1.165, 1.54) is 34.3 Å². The molecule has 9 nitrogen and oxygen atoms in total. The number of imidazole rings is 1. The highest BCUT2D eigenvalue weighted by atomic mass is 35.5. The van der Waals surface area contributed by atoms with Crippen LogP contribution in [0, 0.1) is 5.92 Å². The number of aryl methyl sites for hydroxylation is 2. The van der Waals surface area contributed by atoms with Gasteiger partial charge in [0.1, 0.15) is 5.56 Å². The fourth-order valence-corrected chi connectivity index (χ4v) is 4.85. The molecule has 2 aromatic heterocycles. The van der Waals surface area contributed by atoms with Crippen LogP contribution in [0.4, 0.5) is 13.2 Å². The number of rotatable bonds is 5. The molecule has 1 N–H and O–H groups in total. The van der Waals surface area contributed by atoms with Crippen LogP contribution >= 0.6 is 11.6 Å². The summed E-state index contributed by atoms with van der Waals surface area (Å²) in [5, 5.41) is 9.00. The zero-order chi connectivity index (χ0) is 27.4. The summed E-state index contributed by atoms with van der Waals surface area (Å²) in [6.07, 6.45) is -2.79. The minimum absolute atomic E-state index is 0.112. The third-order valence-corrected chi connectivity index (χ3v) is 6.82. The molecule has 0 fully saturated rings. The van der Waals surface area contributed by atoms with Crippen LogP contribution in [0.2, 0.25) is 0 Å². The molecule has 196 valence electrons. The molecule has 0 saturated heterocycles.